The van der Waals surface area contributed by atoms with E-state index in [1.165, 1.54) is 48.8 Å². The Labute approximate surface area is 143 Å². The maximum atomic E-state index is 14.1. The van der Waals surface area contributed by atoms with E-state index in [-0.39, 0.29) is 5.56 Å². The van der Waals surface area contributed by atoms with Crippen molar-refractivity contribution in [3.05, 3.63) is 102 Å². The van der Waals surface area contributed by atoms with Gasteiger partial charge in [-0.3, -0.25) is 4.98 Å². The van der Waals surface area contributed by atoms with Crippen molar-refractivity contribution in [2.24, 2.45) is 0 Å². The fraction of sp³-hybridized carbons (Fsp3) is 0.150. The predicted molar refractivity (Wildman–Crippen MR) is 88.9 cm³/mol. The average molecular weight is 343 g/mol. The molecular formula is C20H16F3NO. The summed E-state index contributed by atoms with van der Waals surface area (Å²) in [5.41, 5.74) is -2.56. The molecular weight excluding hydrogens is 327 g/mol. The molecule has 0 aliphatic rings. The zero-order valence-corrected chi connectivity index (χ0v) is 13.2. The fourth-order valence-electron chi connectivity index (χ4n) is 3.06. The molecule has 0 radical (unpaired) electrons. The van der Waals surface area contributed by atoms with E-state index in [0.29, 0.717) is 11.1 Å². The number of pyridine rings is 1. The first-order valence-electron chi connectivity index (χ1n) is 7.74. The summed E-state index contributed by atoms with van der Waals surface area (Å²) in [6, 6.07) is 18.4. The van der Waals surface area contributed by atoms with Crippen LogP contribution in [0, 0.1) is 0 Å². The minimum atomic E-state index is -4.88. The first-order chi connectivity index (χ1) is 11.9. The van der Waals surface area contributed by atoms with Gasteiger partial charge < -0.3 is 5.11 Å². The predicted octanol–water partition coefficient (Wildman–Crippen LogP) is 4.66. The van der Waals surface area contributed by atoms with Crippen LogP contribution >= 0.6 is 0 Å². The van der Waals surface area contributed by atoms with E-state index in [2.05, 4.69) is 4.98 Å². The summed E-state index contributed by atoms with van der Waals surface area (Å²) in [6.45, 7) is 0. The average Bonchev–Trinajstić information content (AvgIpc) is 2.63. The Balaban J connectivity index is 2.29. The summed E-state index contributed by atoms with van der Waals surface area (Å²) in [4.78, 5) is 3.88. The molecule has 5 heteroatoms. The summed E-state index contributed by atoms with van der Waals surface area (Å²) < 4.78 is 42.4. The van der Waals surface area contributed by atoms with E-state index in [0.717, 1.165) is 0 Å². The Kier molecular flexibility index (Phi) is 4.59. The Morgan fingerprint density at radius 3 is 1.72 bits per heavy atom. The maximum absolute atomic E-state index is 14.1. The maximum Gasteiger partial charge on any atom is 0.422 e. The molecule has 1 aromatic heterocycles. The molecule has 3 rings (SSSR count). The van der Waals surface area contributed by atoms with Crippen molar-refractivity contribution in [2.75, 3.05) is 0 Å². The van der Waals surface area contributed by atoms with Crippen LogP contribution in [0.15, 0.2) is 85.2 Å². The number of aliphatic hydroxyl groups is 1. The second kappa shape index (κ2) is 6.69. The van der Waals surface area contributed by atoms with E-state index >= 15 is 0 Å². The SMILES string of the molecule is O[C@](c1ccccc1)([C@@H](c1ccccc1)c1ccncc1)C(F)(F)F. The molecule has 0 saturated carbocycles. The van der Waals surface area contributed by atoms with Gasteiger partial charge in [-0.05, 0) is 28.8 Å². The Morgan fingerprint density at radius 2 is 1.20 bits per heavy atom. The summed E-state index contributed by atoms with van der Waals surface area (Å²) in [7, 11) is 0. The number of alkyl halides is 3. The molecule has 1 heterocycles. The molecule has 0 aliphatic heterocycles. The number of hydrogen-bond donors (Lipinski definition) is 1. The number of rotatable bonds is 4. The largest absolute Gasteiger partial charge is 0.422 e. The van der Waals surface area contributed by atoms with E-state index in [9.17, 15) is 18.3 Å². The molecule has 0 aliphatic carbocycles. The number of aromatic nitrogens is 1. The van der Waals surface area contributed by atoms with Gasteiger partial charge in [0.25, 0.3) is 0 Å². The molecule has 2 nitrogen and oxygen atoms in total. The lowest BCUT2D eigenvalue weighted by Gasteiger charge is -2.38. The lowest BCUT2D eigenvalue weighted by Crippen LogP contribution is -2.47. The highest BCUT2D eigenvalue weighted by Gasteiger charge is 2.60. The van der Waals surface area contributed by atoms with E-state index in [4.69, 9.17) is 0 Å². The van der Waals surface area contributed by atoms with Gasteiger partial charge >= 0.3 is 6.18 Å². The van der Waals surface area contributed by atoms with Crippen LogP contribution in [0.3, 0.4) is 0 Å². The summed E-state index contributed by atoms with van der Waals surface area (Å²) >= 11 is 0. The van der Waals surface area contributed by atoms with Crippen molar-refractivity contribution in [2.45, 2.75) is 17.7 Å². The van der Waals surface area contributed by atoms with E-state index in [1.807, 2.05) is 0 Å². The zero-order chi connectivity index (χ0) is 17.9. The van der Waals surface area contributed by atoms with Crippen LogP contribution in [0.4, 0.5) is 13.2 Å². The third-order valence-electron chi connectivity index (χ3n) is 4.24. The van der Waals surface area contributed by atoms with Gasteiger partial charge in [-0.1, -0.05) is 60.7 Å². The molecule has 0 spiro atoms. The Bertz CT molecular complexity index is 767. The highest BCUT2D eigenvalue weighted by atomic mass is 19.4. The van der Waals surface area contributed by atoms with Gasteiger partial charge in [0.2, 0.25) is 0 Å². The van der Waals surface area contributed by atoms with Crippen molar-refractivity contribution >= 4 is 0 Å². The number of hydrogen-bond acceptors (Lipinski definition) is 2. The molecule has 0 fully saturated rings. The molecule has 1 N–H and O–H groups in total. The van der Waals surface area contributed by atoms with Crippen LogP contribution in [-0.2, 0) is 5.60 Å². The monoisotopic (exact) mass is 343 g/mol. The van der Waals surface area contributed by atoms with Crippen LogP contribution in [0.1, 0.15) is 22.6 Å². The molecule has 2 aromatic carbocycles. The number of halogens is 3. The molecule has 0 unspecified atom stereocenters. The lowest BCUT2D eigenvalue weighted by atomic mass is 9.73. The molecule has 0 saturated heterocycles. The van der Waals surface area contributed by atoms with Crippen molar-refractivity contribution in [3.63, 3.8) is 0 Å². The van der Waals surface area contributed by atoms with Gasteiger partial charge in [0, 0.05) is 12.4 Å². The summed E-state index contributed by atoms with van der Waals surface area (Å²) in [5.74, 6) is -1.32. The molecule has 0 amide bonds. The van der Waals surface area contributed by atoms with Crippen LogP contribution in [0.2, 0.25) is 0 Å². The van der Waals surface area contributed by atoms with Gasteiger partial charge in [-0.15, -0.1) is 0 Å². The van der Waals surface area contributed by atoms with E-state index in [1.54, 1.807) is 36.4 Å². The summed E-state index contributed by atoms with van der Waals surface area (Å²) in [5, 5.41) is 11.0. The molecule has 25 heavy (non-hydrogen) atoms. The highest BCUT2D eigenvalue weighted by molar-refractivity contribution is 5.41. The number of nitrogens with zero attached hydrogens (tertiary/aromatic N) is 1. The standard InChI is InChI=1S/C20H16F3NO/c21-20(22,23)19(25,17-9-5-2-6-10-17)18(15-7-3-1-4-8-15)16-11-13-24-14-12-16/h1-14,18,25H/t18-,19+/m0/s1. The van der Waals surface area contributed by atoms with Crippen LogP contribution < -0.4 is 0 Å². The molecule has 0 bridgehead atoms. The first-order valence-corrected chi connectivity index (χ1v) is 7.74. The zero-order valence-electron chi connectivity index (χ0n) is 13.2. The van der Waals surface area contributed by atoms with Crippen molar-refractivity contribution in [3.8, 4) is 0 Å². The second-order valence-electron chi connectivity index (χ2n) is 5.75. The molecule has 3 aromatic rings. The first kappa shape index (κ1) is 17.2. The van der Waals surface area contributed by atoms with Gasteiger partial charge in [-0.25, -0.2) is 0 Å². The Morgan fingerprint density at radius 1 is 0.720 bits per heavy atom. The third kappa shape index (κ3) is 3.15. The van der Waals surface area contributed by atoms with Crippen LogP contribution in [0.5, 0.6) is 0 Å². The molecule has 128 valence electrons. The highest BCUT2D eigenvalue weighted by Crippen LogP contribution is 2.51. The van der Waals surface area contributed by atoms with Gasteiger partial charge in [0.05, 0.1) is 5.92 Å². The fourth-order valence-corrected chi connectivity index (χ4v) is 3.06. The smallest absolute Gasteiger partial charge is 0.376 e. The van der Waals surface area contributed by atoms with Crippen molar-refractivity contribution in [1.82, 2.24) is 4.98 Å². The van der Waals surface area contributed by atoms with Crippen molar-refractivity contribution < 1.29 is 18.3 Å². The third-order valence-corrected chi connectivity index (χ3v) is 4.24. The van der Waals surface area contributed by atoms with Gasteiger partial charge in [0.15, 0.2) is 5.60 Å². The van der Waals surface area contributed by atoms with Gasteiger partial charge in [0.1, 0.15) is 0 Å². The Hall–Kier alpha value is -2.66. The van der Waals surface area contributed by atoms with E-state index < -0.39 is 17.7 Å². The quantitative estimate of drug-likeness (QED) is 0.747. The summed E-state index contributed by atoms with van der Waals surface area (Å²) in [6.07, 6.45) is -2.03. The topological polar surface area (TPSA) is 33.1 Å². The van der Waals surface area contributed by atoms with Crippen LogP contribution in [-0.4, -0.2) is 16.3 Å². The second-order valence-corrected chi connectivity index (χ2v) is 5.75. The lowest BCUT2D eigenvalue weighted by molar-refractivity contribution is -0.272. The molecule has 2 atom stereocenters. The normalized spacial score (nSPS) is 15.4. The minimum absolute atomic E-state index is 0.201. The van der Waals surface area contributed by atoms with Crippen LogP contribution in [0.25, 0.3) is 0 Å². The van der Waals surface area contributed by atoms with Gasteiger partial charge in [-0.2, -0.15) is 13.2 Å². The van der Waals surface area contributed by atoms with Crippen molar-refractivity contribution in [1.29, 1.82) is 0 Å². The number of benzene rings is 2. The minimum Gasteiger partial charge on any atom is -0.376 e.